The fourth-order valence-corrected chi connectivity index (χ4v) is 5.52. The Hall–Kier alpha value is -2.78. The minimum atomic E-state index is -2.67. The molecule has 0 bridgehead atoms. The number of carbonyl (C=O) groups excluding carboxylic acids is 5. The molecule has 0 spiro atoms. The van der Waals surface area contributed by atoms with Crippen LogP contribution in [0.1, 0.15) is 41.6 Å². The Bertz CT molecular complexity index is 1070. The van der Waals surface area contributed by atoms with Crippen LogP contribution in [0.3, 0.4) is 0 Å². The van der Waals surface area contributed by atoms with Gasteiger partial charge in [0.1, 0.15) is 0 Å². The summed E-state index contributed by atoms with van der Waals surface area (Å²) in [6.07, 6.45) is -0.364. The number of Topliss-reactive ketones (excluding diaryl/α,β-unsaturated/α-hetero) is 4. The summed E-state index contributed by atoms with van der Waals surface area (Å²) in [7, 11) is 0. The number of ketones is 4. The highest BCUT2D eigenvalue weighted by molar-refractivity contribution is 6.34. The van der Waals surface area contributed by atoms with Crippen molar-refractivity contribution in [3.8, 4) is 5.75 Å². The summed E-state index contributed by atoms with van der Waals surface area (Å²) in [5, 5.41) is 21.6. The molecule has 6 atom stereocenters. The molecule has 3 aliphatic carbocycles. The topological polar surface area (TPSA) is 178 Å². The number of benzene rings is 1. The molecule has 6 N–H and O–H groups in total. The molecule has 158 valence electrons. The van der Waals surface area contributed by atoms with E-state index in [0.717, 1.165) is 0 Å². The van der Waals surface area contributed by atoms with Gasteiger partial charge in [0.05, 0.1) is 22.2 Å². The summed E-state index contributed by atoms with van der Waals surface area (Å²) < 4.78 is 0. The maximum Gasteiger partial charge on any atom is 0.235 e. The van der Waals surface area contributed by atoms with Crippen molar-refractivity contribution >= 4 is 46.3 Å². The molecule has 9 nitrogen and oxygen atoms in total. The van der Waals surface area contributed by atoms with Crippen molar-refractivity contribution < 1.29 is 34.2 Å². The lowest BCUT2D eigenvalue weighted by atomic mass is 9.52. The summed E-state index contributed by atoms with van der Waals surface area (Å²) in [5.41, 5.74) is 8.20. The summed E-state index contributed by atoms with van der Waals surface area (Å²) in [5.74, 6) is -11.3. The molecule has 1 amide bonds. The van der Waals surface area contributed by atoms with Gasteiger partial charge in [-0.15, -0.1) is 0 Å². The number of primary amides is 1. The van der Waals surface area contributed by atoms with Crippen molar-refractivity contribution in [2.24, 2.45) is 29.4 Å². The van der Waals surface area contributed by atoms with Gasteiger partial charge in [-0.05, 0) is 29.9 Å². The van der Waals surface area contributed by atoms with E-state index in [0.29, 0.717) is 5.56 Å². The van der Waals surface area contributed by atoms with Crippen molar-refractivity contribution in [1.82, 2.24) is 0 Å². The van der Waals surface area contributed by atoms with Gasteiger partial charge in [0.15, 0.2) is 40.4 Å². The molecule has 3 aliphatic rings. The number of halogens is 1. The number of phenolic OH excluding ortho intramolecular Hbond substituents is 1. The molecule has 0 aromatic heterocycles. The van der Waals surface area contributed by atoms with Gasteiger partial charge in [0.2, 0.25) is 5.91 Å². The molecular weight excluding hydrogens is 416 g/mol. The third kappa shape index (κ3) is 2.36. The summed E-state index contributed by atoms with van der Waals surface area (Å²) >= 11 is 6.05. The van der Waals surface area contributed by atoms with Gasteiger partial charge in [0, 0.05) is 12.3 Å². The number of phenols is 1. The van der Waals surface area contributed by atoms with Gasteiger partial charge in [-0.3, -0.25) is 24.0 Å². The predicted octanol–water partition coefficient (Wildman–Crippen LogP) is 0.123. The average molecular weight is 435 g/mol. The van der Waals surface area contributed by atoms with E-state index in [-0.39, 0.29) is 29.1 Å². The van der Waals surface area contributed by atoms with Crippen LogP contribution in [0.25, 0.3) is 0 Å². The number of aromatic hydroxyl groups is 1. The number of anilines is 1. The molecule has 4 rings (SSSR count). The third-order valence-corrected chi connectivity index (χ3v) is 7.22. The molecule has 10 heteroatoms. The SMILES string of the molecule is C[C@H]1c2cc(Cl)c(N)c(O)c2C(=O)C2C(=O)[C@]3(O)C(=O)C(C(N)=O)C(=O)C[C@@H]3C[C@@H]21. The first-order valence-electron chi connectivity index (χ1n) is 9.40. The molecule has 2 fully saturated rings. The minimum absolute atomic E-state index is 0.0188. The molecule has 2 unspecified atom stereocenters. The summed E-state index contributed by atoms with van der Waals surface area (Å²) in [4.78, 5) is 63.3. The molecule has 30 heavy (non-hydrogen) atoms. The highest BCUT2D eigenvalue weighted by Crippen LogP contribution is 2.54. The Morgan fingerprint density at radius 3 is 2.47 bits per heavy atom. The van der Waals surface area contributed by atoms with Crippen LogP contribution in [0.5, 0.6) is 5.75 Å². The fraction of sp³-hybridized carbons (Fsp3) is 0.450. The van der Waals surface area contributed by atoms with Crippen molar-refractivity contribution in [2.45, 2.75) is 31.3 Å². The van der Waals surface area contributed by atoms with E-state index >= 15 is 0 Å². The number of hydrogen-bond acceptors (Lipinski definition) is 8. The van der Waals surface area contributed by atoms with Crippen molar-refractivity contribution in [2.75, 3.05) is 5.73 Å². The normalized spacial score (nSPS) is 35.5. The van der Waals surface area contributed by atoms with Gasteiger partial charge in [-0.2, -0.15) is 0 Å². The maximum absolute atomic E-state index is 13.3. The van der Waals surface area contributed by atoms with E-state index in [1.54, 1.807) is 6.92 Å². The quantitative estimate of drug-likeness (QED) is 0.273. The van der Waals surface area contributed by atoms with Gasteiger partial charge < -0.3 is 21.7 Å². The van der Waals surface area contributed by atoms with Crippen LogP contribution < -0.4 is 11.5 Å². The van der Waals surface area contributed by atoms with Gasteiger partial charge in [-0.25, -0.2) is 0 Å². The molecular formula is C20H19ClN2O7. The number of fused-ring (bicyclic) bond motifs is 3. The van der Waals surface area contributed by atoms with E-state index in [1.807, 2.05) is 0 Å². The molecule has 1 aromatic rings. The van der Waals surface area contributed by atoms with Crippen molar-refractivity contribution in [3.63, 3.8) is 0 Å². The van der Waals surface area contributed by atoms with E-state index in [9.17, 15) is 34.2 Å². The van der Waals surface area contributed by atoms with Gasteiger partial charge >= 0.3 is 0 Å². The van der Waals surface area contributed by atoms with Crippen LogP contribution in [0, 0.1) is 23.7 Å². The van der Waals surface area contributed by atoms with Crippen LogP contribution in [0.15, 0.2) is 6.07 Å². The minimum Gasteiger partial charge on any atom is -0.505 e. The first-order valence-corrected chi connectivity index (χ1v) is 9.78. The lowest BCUT2D eigenvalue weighted by Gasteiger charge is -2.50. The number of aliphatic hydroxyl groups is 1. The molecule has 1 aromatic carbocycles. The van der Waals surface area contributed by atoms with Crippen molar-refractivity contribution in [1.29, 1.82) is 0 Å². The standard InChI is InChI=1S/C20H19ClN2O7/c1-5-7-2-6-3-10(24)13(19(23)29)18(28)20(6,30)17(27)12(7)15(25)11-8(5)4-9(21)14(22)16(11)26/h4-7,12-13,26,30H,2-3,22H2,1H3,(H2,23,29)/t5-,6+,7-,12?,13?,20+/m1/s1. The molecule has 0 saturated heterocycles. The lowest BCUT2D eigenvalue weighted by Crippen LogP contribution is -2.68. The molecule has 0 heterocycles. The van der Waals surface area contributed by atoms with E-state index in [2.05, 4.69) is 0 Å². The van der Waals surface area contributed by atoms with Crippen molar-refractivity contribution in [3.05, 3.63) is 22.2 Å². The maximum atomic E-state index is 13.3. The van der Waals surface area contributed by atoms with Crippen LogP contribution >= 0.6 is 11.6 Å². The van der Waals surface area contributed by atoms with Crippen LogP contribution in [-0.4, -0.2) is 44.9 Å². The second-order valence-electron chi connectivity index (χ2n) is 8.31. The number of hydrogen-bond donors (Lipinski definition) is 4. The smallest absolute Gasteiger partial charge is 0.235 e. The second kappa shape index (κ2) is 6.36. The van der Waals surface area contributed by atoms with Crippen LogP contribution in [-0.2, 0) is 19.2 Å². The van der Waals surface area contributed by atoms with E-state index in [4.69, 9.17) is 23.1 Å². The molecule has 0 aliphatic heterocycles. The Kier molecular flexibility index (Phi) is 4.34. The fourth-order valence-electron chi connectivity index (χ4n) is 5.32. The first kappa shape index (κ1) is 20.5. The second-order valence-corrected chi connectivity index (χ2v) is 8.72. The van der Waals surface area contributed by atoms with Gasteiger partial charge in [0.25, 0.3) is 0 Å². The zero-order valence-electron chi connectivity index (χ0n) is 15.8. The highest BCUT2D eigenvalue weighted by atomic mass is 35.5. The van der Waals surface area contributed by atoms with Gasteiger partial charge in [-0.1, -0.05) is 18.5 Å². The van der Waals surface area contributed by atoms with E-state index in [1.165, 1.54) is 6.07 Å². The highest BCUT2D eigenvalue weighted by Gasteiger charge is 2.66. The van der Waals surface area contributed by atoms with Crippen LogP contribution in [0.4, 0.5) is 5.69 Å². The first-order chi connectivity index (χ1) is 13.9. The zero-order chi connectivity index (χ0) is 22.3. The largest absolute Gasteiger partial charge is 0.505 e. The summed E-state index contributed by atoms with van der Waals surface area (Å²) in [6, 6.07) is 1.45. The zero-order valence-corrected chi connectivity index (χ0v) is 16.6. The number of carbonyl (C=O) groups is 5. The Morgan fingerprint density at radius 1 is 1.23 bits per heavy atom. The Morgan fingerprint density at radius 2 is 1.87 bits per heavy atom. The lowest BCUT2D eigenvalue weighted by molar-refractivity contribution is -0.176. The Labute approximate surface area is 175 Å². The molecule has 2 saturated carbocycles. The predicted molar refractivity (Wildman–Crippen MR) is 103 cm³/mol. The monoisotopic (exact) mass is 434 g/mol. The average Bonchev–Trinajstić information content (AvgIpc) is 2.66. The van der Waals surface area contributed by atoms with Crippen LogP contribution in [0.2, 0.25) is 5.02 Å². The molecule has 0 radical (unpaired) electrons. The number of rotatable bonds is 1. The number of nitrogen functional groups attached to an aromatic ring is 1. The Balaban J connectivity index is 1.87. The third-order valence-electron chi connectivity index (χ3n) is 6.91. The number of amides is 1. The summed E-state index contributed by atoms with van der Waals surface area (Å²) in [6.45, 7) is 1.73. The number of nitrogens with two attached hydrogens (primary N) is 2. The van der Waals surface area contributed by atoms with E-state index < -0.39 is 70.0 Å².